The summed E-state index contributed by atoms with van der Waals surface area (Å²) in [5.41, 5.74) is 0.870. The minimum Gasteiger partial charge on any atom is -0.493 e. The highest BCUT2D eigenvalue weighted by molar-refractivity contribution is 7.71. The van der Waals surface area contributed by atoms with Gasteiger partial charge in [0.15, 0.2) is 17.3 Å². The second-order valence-electron chi connectivity index (χ2n) is 6.02. The number of hydrogen-bond acceptors (Lipinski definition) is 6. The fraction of sp³-hybridized carbons (Fsp3) is 0.471. The second-order valence-corrected chi connectivity index (χ2v) is 6.41. The van der Waals surface area contributed by atoms with Gasteiger partial charge in [0.1, 0.15) is 6.10 Å². The van der Waals surface area contributed by atoms with Gasteiger partial charge in [-0.2, -0.15) is 14.9 Å². The number of H-pyrrole nitrogens is 1. The molecule has 0 radical (unpaired) electrons. The van der Waals surface area contributed by atoms with Crippen molar-refractivity contribution in [1.82, 2.24) is 14.9 Å². The van der Waals surface area contributed by atoms with Crippen LogP contribution in [-0.4, -0.2) is 40.9 Å². The molecule has 0 bridgehead atoms. The first-order chi connectivity index (χ1) is 12.1. The van der Waals surface area contributed by atoms with Crippen LogP contribution >= 0.6 is 12.2 Å². The molecule has 1 aromatic carbocycles. The Kier molecular flexibility index (Phi) is 5.50. The Morgan fingerprint density at radius 2 is 2.28 bits per heavy atom. The Balaban J connectivity index is 1.85. The maximum Gasteiger partial charge on any atom is 0.216 e. The van der Waals surface area contributed by atoms with Crippen molar-refractivity contribution in [2.45, 2.75) is 38.9 Å². The Morgan fingerprint density at radius 1 is 1.44 bits per heavy atom. The van der Waals surface area contributed by atoms with E-state index in [4.69, 9.17) is 26.4 Å². The third kappa shape index (κ3) is 4.08. The number of aromatic nitrogens is 3. The molecule has 1 unspecified atom stereocenters. The van der Waals surface area contributed by atoms with Crippen molar-refractivity contribution >= 4 is 18.4 Å². The van der Waals surface area contributed by atoms with Crippen molar-refractivity contribution in [2.24, 2.45) is 5.10 Å². The largest absolute Gasteiger partial charge is 0.493 e. The highest BCUT2D eigenvalue weighted by atomic mass is 32.1. The molecule has 2 heterocycles. The van der Waals surface area contributed by atoms with E-state index in [0.717, 1.165) is 25.0 Å². The predicted octanol–water partition coefficient (Wildman–Crippen LogP) is 3.47. The van der Waals surface area contributed by atoms with Crippen molar-refractivity contribution in [3.05, 3.63) is 34.4 Å². The average Bonchev–Trinajstić information content (AvgIpc) is 3.23. The lowest BCUT2D eigenvalue weighted by atomic mass is 10.2. The first kappa shape index (κ1) is 17.6. The lowest BCUT2D eigenvalue weighted by molar-refractivity contribution is 0.102. The maximum absolute atomic E-state index is 5.72. The maximum atomic E-state index is 5.72. The van der Waals surface area contributed by atoms with Crippen LogP contribution in [0, 0.1) is 4.77 Å². The standard InChI is InChI=1S/C17H22N4O3S/c1-11(2)24-13-7-6-12(9-15(13)22-3)10-18-21-16(19-20-17(21)25)14-5-4-8-23-14/h6-7,9-11,14H,4-5,8H2,1-3H3,(H,20,25)/b18-10-. The van der Waals surface area contributed by atoms with Crippen LogP contribution in [0.4, 0.5) is 0 Å². The first-order valence-corrected chi connectivity index (χ1v) is 8.67. The summed E-state index contributed by atoms with van der Waals surface area (Å²) >= 11 is 5.27. The van der Waals surface area contributed by atoms with Crippen LogP contribution in [0.15, 0.2) is 23.3 Å². The van der Waals surface area contributed by atoms with Crippen molar-refractivity contribution in [1.29, 1.82) is 0 Å². The van der Waals surface area contributed by atoms with Crippen LogP contribution in [-0.2, 0) is 4.74 Å². The Hall–Kier alpha value is -2.19. The SMILES string of the molecule is COc1cc(/C=N\n2c(C3CCCO3)n[nH]c2=S)ccc1OC(C)C. The molecular formula is C17H22N4O3S. The zero-order valence-electron chi connectivity index (χ0n) is 14.6. The van der Waals surface area contributed by atoms with E-state index in [-0.39, 0.29) is 12.2 Å². The van der Waals surface area contributed by atoms with Gasteiger partial charge in [-0.3, -0.25) is 5.10 Å². The second kappa shape index (κ2) is 7.79. The molecule has 3 rings (SSSR count). The zero-order chi connectivity index (χ0) is 17.8. The van der Waals surface area contributed by atoms with Gasteiger partial charge >= 0.3 is 0 Å². The Labute approximate surface area is 151 Å². The number of benzene rings is 1. The van der Waals surface area contributed by atoms with Gasteiger partial charge in [-0.1, -0.05) is 0 Å². The van der Waals surface area contributed by atoms with Gasteiger partial charge < -0.3 is 14.2 Å². The highest BCUT2D eigenvalue weighted by Crippen LogP contribution is 2.29. The van der Waals surface area contributed by atoms with Crippen LogP contribution in [0.3, 0.4) is 0 Å². The monoisotopic (exact) mass is 362 g/mol. The number of hydrogen-bond donors (Lipinski definition) is 1. The Bertz CT molecular complexity index is 806. The van der Waals surface area contributed by atoms with Crippen molar-refractivity contribution in [3.8, 4) is 11.5 Å². The third-order valence-corrected chi connectivity index (χ3v) is 4.03. The number of nitrogens with one attached hydrogen (secondary N) is 1. The quantitative estimate of drug-likeness (QED) is 0.629. The Morgan fingerprint density at radius 3 is 2.96 bits per heavy atom. The molecule has 1 atom stereocenters. The molecule has 1 saturated heterocycles. The molecular weight excluding hydrogens is 340 g/mol. The van der Waals surface area contributed by atoms with Gasteiger partial charge in [-0.25, -0.2) is 0 Å². The third-order valence-electron chi connectivity index (χ3n) is 3.77. The molecule has 0 aliphatic carbocycles. The van der Waals surface area contributed by atoms with E-state index in [9.17, 15) is 0 Å². The molecule has 25 heavy (non-hydrogen) atoms. The molecule has 0 spiro atoms. The summed E-state index contributed by atoms with van der Waals surface area (Å²) in [4.78, 5) is 0. The van der Waals surface area contributed by atoms with Gasteiger partial charge in [0.25, 0.3) is 0 Å². The minimum absolute atomic E-state index is 0.0681. The fourth-order valence-corrected chi connectivity index (χ4v) is 2.83. The zero-order valence-corrected chi connectivity index (χ0v) is 15.4. The summed E-state index contributed by atoms with van der Waals surface area (Å²) in [6.45, 7) is 4.69. The number of methoxy groups -OCH3 is 1. The van der Waals surface area contributed by atoms with Gasteiger partial charge in [-0.15, -0.1) is 0 Å². The molecule has 1 aromatic heterocycles. The molecule has 134 valence electrons. The lowest BCUT2D eigenvalue weighted by Gasteiger charge is -2.13. The summed E-state index contributed by atoms with van der Waals surface area (Å²) in [7, 11) is 1.62. The fourth-order valence-electron chi connectivity index (χ4n) is 2.65. The van der Waals surface area contributed by atoms with E-state index in [0.29, 0.717) is 22.1 Å². The summed E-state index contributed by atoms with van der Waals surface area (Å²) in [6, 6.07) is 5.66. The van der Waals surface area contributed by atoms with E-state index in [1.807, 2.05) is 32.0 Å². The van der Waals surface area contributed by atoms with E-state index >= 15 is 0 Å². The van der Waals surface area contributed by atoms with E-state index < -0.39 is 0 Å². The van der Waals surface area contributed by atoms with Crippen molar-refractivity contribution < 1.29 is 14.2 Å². The molecule has 8 heteroatoms. The minimum atomic E-state index is -0.0681. The van der Waals surface area contributed by atoms with Crippen molar-refractivity contribution in [2.75, 3.05) is 13.7 Å². The van der Waals surface area contributed by atoms with Crippen LogP contribution in [0.25, 0.3) is 0 Å². The van der Waals surface area contributed by atoms with E-state index in [2.05, 4.69) is 15.3 Å². The predicted molar refractivity (Wildman–Crippen MR) is 97.1 cm³/mol. The van der Waals surface area contributed by atoms with Crippen LogP contribution in [0.1, 0.15) is 44.2 Å². The summed E-state index contributed by atoms with van der Waals surface area (Å²) < 4.78 is 18.8. The van der Waals surface area contributed by atoms with Crippen LogP contribution in [0.2, 0.25) is 0 Å². The number of nitrogens with zero attached hydrogens (tertiary/aromatic N) is 3. The molecule has 2 aromatic rings. The molecule has 1 fully saturated rings. The topological polar surface area (TPSA) is 73.7 Å². The lowest BCUT2D eigenvalue weighted by Crippen LogP contribution is -2.07. The van der Waals surface area contributed by atoms with Gasteiger partial charge in [0.2, 0.25) is 4.77 Å². The van der Waals surface area contributed by atoms with E-state index in [1.54, 1.807) is 18.0 Å². The molecule has 0 amide bonds. The number of ether oxygens (including phenoxy) is 3. The average molecular weight is 362 g/mol. The normalized spacial score (nSPS) is 17.5. The number of rotatable bonds is 6. The highest BCUT2D eigenvalue weighted by Gasteiger charge is 2.23. The number of aromatic amines is 1. The van der Waals surface area contributed by atoms with Crippen LogP contribution in [0.5, 0.6) is 11.5 Å². The smallest absolute Gasteiger partial charge is 0.216 e. The molecule has 1 N–H and O–H groups in total. The molecule has 1 aliphatic rings. The molecule has 1 aliphatic heterocycles. The van der Waals surface area contributed by atoms with E-state index in [1.165, 1.54) is 0 Å². The summed E-state index contributed by atoms with van der Waals surface area (Å²) in [5.74, 6) is 2.06. The van der Waals surface area contributed by atoms with Gasteiger partial charge in [-0.05, 0) is 62.7 Å². The summed E-state index contributed by atoms with van der Waals surface area (Å²) in [5, 5.41) is 11.5. The first-order valence-electron chi connectivity index (χ1n) is 8.26. The van der Waals surface area contributed by atoms with Crippen molar-refractivity contribution in [3.63, 3.8) is 0 Å². The molecule has 0 saturated carbocycles. The van der Waals surface area contributed by atoms with Gasteiger partial charge in [0, 0.05) is 6.61 Å². The summed E-state index contributed by atoms with van der Waals surface area (Å²) in [6.07, 6.45) is 3.66. The molecule has 7 nitrogen and oxygen atoms in total. The van der Waals surface area contributed by atoms with Gasteiger partial charge in [0.05, 0.1) is 19.4 Å². The van der Waals surface area contributed by atoms with Crippen LogP contribution < -0.4 is 9.47 Å².